The number of rotatable bonds is 1. The fraction of sp³-hybridized carbons (Fsp3) is 0.765. The first-order valence-corrected chi connectivity index (χ1v) is 7.84. The van der Waals surface area contributed by atoms with Gasteiger partial charge in [-0.1, -0.05) is 0 Å². The molecular weight excluding hydrogens is 232 g/mol. The van der Waals surface area contributed by atoms with E-state index in [0.717, 1.165) is 11.8 Å². The van der Waals surface area contributed by atoms with Crippen molar-refractivity contribution in [2.75, 3.05) is 6.54 Å². The molecule has 4 heterocycles. The summed E-state index contributed by atoms with van der Waals surface area (Å²) >= 11 is 0. The highest BCUT2D eigenvalue weighted by Gasteiger charge is 2.62. The van der Waals surface area contributed by atoms with E-state index in [-0.39, 0.29) is 0 Å². The van der Waals surface area contributed by atoms with Crippen LogP contribution in [0.25, 0.3) is 0 Å². The van der Waals surface area contributed by atoms with E-state index in [9.17, 15) is 0 Å². The van der Waals surface area contributed by atoms with Gasteiger partial charge in [-0.25, -0.2) is 0 Å². The first kappa shape index (κ1) is 12.0. The lowest BCUT2D eigenvalue weighted by atomic mass is 9.50. The smallest absolute Gasteiger partial charge is 0.0265 e. The zero-order valence-corrected chi connectivity index (χ0v) is 12.7. The third-order valence-corrected chi connectivity index (χ3v) is 6.80. The molecule has 0 spiro atoms. The number of nitrogens with zero attached hydrogens (tertiary/aromatic N) is 2. The summed E-state index contributed by atoms with van der Waals surface area (Å²) in [6.45, 7) is 8.76. The van der Waals surface area contributed by atoms with Gasteiger partial charge < -0.3 is 4.57 Å². The van der Waals surface area contributed by atoms with Crippen LogP contribution in [0.2, 0.25) is 0 Å². The Morgan fingerprint density at radius 2 is 2.05 bits per heavy atom. The summed E-state index contributed by atoms with van der Waals surface area (Å²) < 4.78 is 2.37. The van der Waals surface area contributed by atoms with Crippen LogP contribution in [0.5, 0.6) is 0 Å². The summed E-state index contributed by atoms with van der Waals surface area (Å²) in [6.07, 6.45) is 6.49. The number of piperidine rings is 3. The average molecular weight is 258 g/mol. The van der Waals surface area contributed by atoms with Gasteiger partial charge in [0.15, 0.2) is 0 Å². The standard InChI is InChI=1S/C17H26N2/c1-12-17(15-6-5-7-18(15)4)9-13-8-14(10-17)16(2,3)19(12)11-13/h5-7,12-14H,8-11H2,1-4H3/t12-,13?,14?,17?/m1/s1. The number of hydrogen-bond acceptors (Lipinski definition) is 1. The van der Waals surface area contributed by atoms with E-state index < -0.39 is 0 Å². The van der Waals surface area contributed by atoms with E-state index in [1.165, 1.54) is 25.8 Å². The predicted molar refractivity (Wildman–Crippen MR) is 78.2 cm³/mol. The van der Waals surface area contributed by atoms with Crippen molar-refractivity contribution in [3.63, 3.8) is 0 Å². The lowest BCUT2D eigenvalue weighted by Gasteiger charge is -2.68. The van der Waals surface area contributed by atoms with Gasteiger partial charge in [-0.05, 0) is 64.0 Å². The van der Waals surface area contributed by atoms with Crippen molar-refractivity contribution in [2.45, 2.75) is 57.0 Å². The molecule has 0 radical (unpaired) electrons. The molecule has 2 nitrogen and oxygen atoms in total. The van der Waals surface area contributed by atoms with Crippen molar-refractivity contribution in [3.05, 3.63) is 24.0 Å². The second kappa shape index (κ2) is 3.46. The maximum absolute atomic E-state index is 2.83. The first-order chi connectivity index (χ1) is 8.95. The fourth-order valence-corrected chi connectivity index (χ4v) is 5.73. The van der Waals surface area contributed by atoms with E-state index in [4.69, 9.17) is 0 Å². The van der Waals surface area contributed by atoms with Crippen LogP contribution >= 0.6 is 0 Å². The normalized spacial score (nSPS) is 46.7. The van der Waals surface area contributed by atoms with Gasteiger partial charge in [0.05, 0.1) is 0 Å². The van der Waals surface area contributed by atoms with Crippen molar-refractivity contribution in [3.8, 4) is 0 Å². The Labute approximate surface area is 116 Å². The molecular formula is C17H26N2. The van der Waals surface area contributed by atoms with Gasteiger partial charge >= 0.3 is 0 Å². The summed E-state index contributed by atoms with van der Waals surface area (Å²) in [4.78, 5) is 2.83. The minimum Gasteiger partial charge on any atom is -0.354 e. The predicted octanol–water partition coefficient (Wildman–Crippen LogP) is 3.18. The Bertz CT molecular complexity index is 515. The van der Waals surface area contributed by atoms with Crippen molar-refractivity contribution in [1.29, 1.82) is 0 Å². The highest BCUT2D eigenvalue weighted by Crippen LogP contribution is 2.60. The molecule has 4 aliphatic rings. The van der Waals surface area contributed by atoms with E-state index in [0.29, 0.717) is 17.0 Å². The van der Waals surface area contributed by atoms with E-state index >= 15 is 0 Å². The molecule has 19 heavy (non-hydrogen) atoms. The van der Waals surface area contributed by atoms with Crippen LogP contribution in [0.15, 0.2) is 18.3 Å². The third-order valence-electron chi connectivity index (χ3n) is 6.80. The maximum atomic E-state index is 2.83. The summed E-state index contributed by atoms with van der Waals surface area (Å²) in [5.74, 6) is 1.81. The van der Waals surface area contributed by atoms with Gasteiger partial charge in [0.2, 0.25) is 0 Å². The monoisotopic (exact) mass is 258 g/mol. The second-order valence-electron chi connectivity index (χ2n) is 7.85. The van der Waals surface area contributed by atoms with Crippen LogP contribution in [-0.4, -0.2) is 27.6 Å². The molecule has 4 fully saturated rings. The fourth-order valence-electron chi connectivity index (χ4n) is 5.73. The van der Waals surface area contributed by atoms with Crippen molar-refractivity contribution < 1.29 is 0 Å². The molecule has 0 amide bonds. The quantitative estimate of drug-likeness (QED) is 0.751. The van der Waals surface area contributed by atoms with Crippen LogP contribution in [-0.2, 0) is 12.5 Å². The van der Waals surface area contributed by atoms with Crippen molar-refractivity contribution in [2.24, 2.45) is 18.9 Å². The molecule has 4 bridgehead atoms. The first-order valence-electron chi connectivity index (χ1n) is 7.84. The van der Waals surface area contributed by atoms with Crippen LogP contribution in [0.4, 0.5) is 0 Å². The highest BCUT2D eigenvalue weighted by molar-refractivity contribution is 5.29. The largest absolute Gasteiger partial charge is 0.354 e. The molecule has 104 valence electrons. The topological polar surface area (TPSA) is 8.17 Å². The summed E-state index contributed by atoms with van der Waals surface area (Å²) in [6, 6.07) is 5.28. The molecule has 2 heteroatoms. The third kappa shape index (κ3) is 1.31. The molecule has 5 rings (SSSR count). The molecule has 0 aromatic carbocycles. The highest BCUT2D eigenvalue weighted by atomic mass is 15.3. The van der Waals surface area contributed by atoms with E-state index in [1.54, 1.807) is 5.69 Å². The SMILES string of the molecule is C[C@H]1N2CC3CC(CC1(c1cccn1C)C3)C2(C)C. The minimum atomic E-state index is 0.408. The van der Waals surface area contributed by atoms with Gasteiger partial charge in [-0.15, -0.1) is 0 Å². The number of aromatic nitrogens is 1. The Hall–Kier alpha value is -0.760. The van der Waals surface area contributed by atoms with Gasteiger partial charge in [0.25, 0.3) is 0 Å². The van der Waals surface area contributed by atoms with Crippen molar-refractivity contribution in [1.82, 2.24) is 9.47 Å². The Balaban J connectivity index is 1.85. The van der Waals surface area contributed by atoms with Crippen LogP contribution in [0.3, 0.4) is 0 Å². The molecule has 4 unspecified atom stereocenters. The van der Waals surface area contributed by atoms with Crippen molar-refractivity contribution >= 4 is 0 Å². The lowest BCUT2D eigenvalue weighted by molar-refractivity contribution is -0.158. The van der Waals surface area contributed by atoms with E-state index in [1.807, 2.05) is 0 Å². The average Bonchev–Trinajstić information content (AvgIpc) is 2.78. The Morgan fingerprint density at radius 1 is 1.26 bits per heavy atom. The maximum Gasteiger partial charge on any atom is 0.0265 e. The van der Waals surface area contributed by atoms with Gasteiger partial charge in [0, 0.05) is 42.5 Å². The number of aryl methyl sites for hydroxylation is 1. The zero-order valence-electron chi connectivity index (χ0n) is 12.7. The van der Waals surface area contributed by atoms with Crippen LogP contribution in [0, 0.1) is 11.8 Å². The molecule has 5 atom stereocenters. The molecule has 3 saturated heterocycles. The lowest BCUT2D eigenvalue weighted by Crippen LogP contribution is -2.73. The molecule has 1 aliphatic carbocycles. The minimum absolute atomic E-state index is 0.408. The van der Waals surface area contributed by atoms with Gasteiger partial charge in [-0.3, -0.25) is 4.90 Å². The van der Waals surface area contributed by atoms with E-state index in [2.05, 4.69) is 55.6 Å². The molecule has 1 saturated carbocycles. The summed E-state index contributed by atoms with van der Waals surface area (Å²) in [7, 11) is 2.22. The summed E-state index contributed by atoms with van der Waals surface area (Å²) in [5.41, 5.74) is 2.40. The molecule has 1 aromatic rings. The van der Waals surface area contributed by atoms with Gasteiger partial charge in [-0.2, -0.15) is 0 Å². The summed E-state index contributed by atoms with van der Waals surface area (Å²) in [5, 5.41) is 0. The molecule has 1 aromatic heterocycles. The molecule has 0 N–H and O–H groups in total. The van der Waals surface area contributed by atoms with Crippen LogP contribution in [0.1, 0.15) is 45.7 Å². The molecule has 3 aliphatic heterocycles. The zero-order chi connectivity index (χ0) is 13.4. The van der Waals surface area contributed by atoms with Crippen LogP contribution < -0.4 is 0 Å². The Morgan fingerprint density at radius 3 is 2.74 bits per heavy atom. The second-order valence-corrected chi connectivity index (χ2v) is 7.85. The van der Waals surface area contributed by atoms with Gasteiger partial charge in [0.1, 0.15) is 0 Å². The number of hydrogen-bond donors (Lipinski definition) is 0. The Kier molecular flexibility index (Phi) is 2.19.